The first-order chi connectivity index (χ1) is 9.75. The van der Waals surface area contributed by atoms with Gasteiger partial charge in [-0.05, 0) is 23.8 Å². The summed E-state index contributed by atoms with van der Waals surface area (Å²) in [5, 5.41) is 3.14. The summed E-state index contributed by atoms with van der Waals surface area (Å²) < 4.78 is 0. The zero-order valence-electron chi connectivity index (χ0n) is 12.3. The van der Waals surface area contributed by atoms with E-state index < -0.39 is 6.04 Å². The first-order valence-electron chi connectivity index (χ1n) is 7.86. The quantitative estimate of drug-likeness (QED) is 0.897. The Morgan fingerprint density at radius 1 is 1.14 bits per heavy atom. The molecule has 3 unspecified atom stereocenters. The number of hydrogen-bond acceptors (Lipinski definition) is 2. The molecule has 2 fully saturated rings. The topological polar surface area (TPSA) is 55.1 Å². The summed E-state index contributed by atoms with van der Waals surface area (Å²) in [5.41, 5.74) is 6.92. The third-order valence-corrected chi connectivity index (χ3v) is 4.86. The van der Waals surface area contributed by atoms with E-state index in [1.54, 1.807) is 0 Å². The Labute approximate surface area is 133 Å². The first kappa shape index (κ1) is 16.3. The Morgan fingerprint density at radius 3 is 2.48 bits per heavy atom. The average molecular weight is 309 g/mol. The Kier molecular flexibility index (Phi) is 5.65. The summed E-state index contributed by atoms with van der Waals surface area (Å²) in [6.45, 7) is 0. The van der Waals surface area contributed by atoms with Crippen molar-refractivity contribution in [3.63, 3.8) is 0 Å². The zero-order chi connectivity index (χ0) is 13.9. The summed E-state index contributed by atoms with van der Waals surface area (Å²) in [7, 11) is 0. The van der Waals surface area contributed by atoms with Crippen LogP contribution in [0.2, 0.25) is 0 Å². The van der Waals surface area contributed by atoms with Crippen LogP contribution in [0.1, 0.15) is 50.1 Å². The SMILES string of the molecule is Cl.NC(C(=O)NC1CC1C1CCCCC1)c1ccccc1. The van der Waals surface area contributed by atoms with E-state index in [2.05, 4.69) is 5.32 Å². The highest BCUT2D eigenvalue weighted by Crippen LogP contribution is 2.44. The van der Waals surface area contributed by atoms with Gasteiger partial charge in [-0.1, -0.05) is 62.4 Å². The van der Waals surface area contributed by atoms with Crippen molar-refractivity contribution in [2.45, 2.75) is 50.6 Å². The zero-order valence-corrected chi connectivity index (χ0v) is 13.1. The smallest absolute Gasteiger partial charge is 0.241 e. The Balaban J connectivity index is 0.00000161. The highest BCUT2D eigenvalue weighted by Gasteiger charge is 2.44. The number of carbonyl (C=O) groups excluding carboxylic acids is 1. The molecule has 2 aliphatic carbocycles. The van der Waals surface area contributed by atoms with Crippen molar-refractivity contribution in [3.8, 4) is 0 Å². The van der Waals surface area contributed by atoms with Crippen molar-refractivity contribution in [3.05, 3.63) is 35.9 Å². The van der Waals surface area contributed by atoms with Crippen LogP contribution in [0, 0.1) is 11.8 Å². The van der Waals surface area contributed by atoms with Gasteiger partial charge in [0.25, 0.3) is 0 Å². The van der Waals surface area contributed by atoms with E-state index in [9.17, 15) is 4.79 Å². The number of hydrogen-bond donors (Lipinski definition) is 2. The molecule has 3 N–H and O–H groups in total. The van der Waals surface area contributed by atoms with Gasteiger partial charge in [-0.15, -0.1) is 12.4 Å². The molecule has 3 atom stereocenters. The molecule has 2 saturated carbocycles. The first-order valence-corrected chi connectivity index (χ1v) is 7.86. The number of nitrogens with two attached hydrogens (primary N) is 1. The van der Waals surface area contributed by atoms with Gasteiger partial charge in [0.2, 0.25) is 5.91 Å². The van der Waals surface area contributed by atoms with Crippen LogP contribution in [0.15, 0.2) is 30.3 Å². The predicted molar refractivity (Wildman–Crippen MR) is 87.2 cm³/mol. The van der Waals surface area contributed by atoms with Crippen LogP contribution in [0.3, 0.4) is 0 Å². The lowest BCUT2D eigenvalue weighted by Crippen LogP contribution is -2.36. The van der Waals surface area contributed by atoms with E-state index in [-0.39, 0.29) is 18.3 Å². The second kappa shape index (κ2) is 7.28. The minimum Gasteiger partial charge on any atom is -0.351 e. The summed E-state index contributed by atoms with van der Waals surface area (Å²) in [4.78, 5) is 12.2. The molecule has 2 aliphatic rings. The molecule has 116 valence electrons. The van der Waals surface area contributed by atoms with Crippen LogP contribution in [0.25, 0.3) is 0 Å². The Hall–Kier alpha value is -1.06. The number of amides is 1. The monoisotopic (exact) mass is 308 g/mol. The standard InChI is InChI=1S/C17H24N2O.ClH/c18-16(13-9-5-2-6-10-13)17(20)19-15-11-14(15)12-7-3-1-4-8-12;/h2,5-6,9-10,12,14-16H,1,3-4,7-8,11,18H2,(H,19,20);1H. The van der Waals surface area contributed by atoms with Gasteiger partial charge in [0.15, 0.2) is 0 Å². The summed E-state index contributed by atoms with van der Waals surface area (Å²) in [5.74, 6) is 1.52. The molecular formula is C17H25ClN2O. The van der Waals surface area contributed by atoms with Gasteiger partial charge in [0, 0.05) is 6.04 Å². The summed E-state index contributed by atoms with van der Waals surface area (Å²) in [6, 6.07) is 9.44. The Bertz CT molecular complexity index is 459. The van der Waals surface area contributed by atoms with Crippen LogP contribution in [-0.2, 0) is 4.79 Å². The van der Waals surface area contributed by atoms with Crippen LogP contribution >= 0.6 is 12.4 Å². The number of halogens is 1. The molecule has 0 saturated heterocycles. The van der Waals surface area contributed by atoms with Gasteiger partial charge in [0.1, 0.15) is 6.04 Å². The lowest BCUT2D eigenvalue weighted by Gasteiger charge is -2.22. The minimum absolute atomic E-state index is 0. The normalized spacial score (nSPS) is 26.5. The second-order valence-corrected chi connectivity index (χ2v) is 6.30. The van der Waals surface area contributed by atoms with Gasteiger partial charge in [0.05, 0.1) is 0 Å². The average Bonchev–Trinajstić information content (AvgIpc) is 3.27. The molecule has 0 aliphatic heterocycles. The van der Waals surface area contributed by atoms with Gasteiger partial charge >= 0.3 is 0 Å². The largest absolute Gasteiger partial charge is 0.351 e. The van der Waals surface area contributed by atoms with Gasteiger partial charge in [-0.2, -0.15) is 0 Å². The molecule has 1 aromatic rings. The van der Waals surface area contributed by atoms with Gasteiger partial charge in [-0.3, -0.25) is 4.79 Å². The third kappa shape index (κ3) is 3.98. The second-order valence-electron chi connectivity index (χ2n) is 6.30. The van der Waals surface area contributed by atoms with Gasteiger partial charge in [-0.25, -0.2) is 0 Å². The maximum Gasteiger partial charge on any atom is 0.241 e. The molecule has 1 amide bonds. The number of rotatable bonds is 4. The number of carbonyl (C=O) groups is 1. The van der Waals surface area contributed by atoms with Crippen LogP contribution < -0.4 is 11.1 Å². The van der Waals surface area contributed by atoms with Crippen LogP contribution in [0.5, 0.6) is 0 Å². The molecule has 4 heteroatoms. The molecule has 0 bridgehead atoms. The summed E-state index contributed by atoms with van der Waals surface area (Å²) in [6.07, 6.45) is 7.97. The number of benzene rings is 1. The fourth-order valence-corrected chi connectivity index (χ4v) is 3.55. The lowest BCUT2D eigenvalue weighted by molar-refractivity contribution is -0.122. The van der Waals surface area contributed by atoms with Crippen LogP contribution in [0.4, 0.5) is 0 Å². The Morgan fingerprint density at radius 2 is 1.81 bits per heavy atom. The molecule has 0 spiro atoms. The molecule has 21 heavy (non-hydrogen) atoms. The molecule has 0 heterocycles. The fraction of sp³-hybridized carbons (Fsp3) is 0.588. The third-order valence-electron chi connectivity index (χ3n) is 4.86. The minimum atomic E-state index is -0.538. The highest BCUT2D eigenvalue weighted by atomic mass is 35.5. The maximum absolute atomic E-state index is 12.2. The van der Waals surface area contributed by atoms with E-state index in [0.717, 1.165) is 17.9 Å². The predicted octanol–water partition coefficient (Wildman–Crippen LogP) is 3.19. The van der Waals surface area contributed by atoms with E-state index >= 15 is 0 Å². The van der Waals surface area contributed by atoms with E-state index in [4.69, 9.17) is 5.73 Å². The molecule has 3 nitrogen and oxygen atoms in total. The van der Waals surface area contributed by atoms with Crippen molar-refractivity contribution < 1.29 is 4.79 Å². The van der Waals surface area contributed by atoms with Crippen molar-refractivity contribution in [1.29, 1.82) is 0 Å². The van der Waals surface area contributed by atoms with Crippen molar-refractivity contribution in [2.75, 3.05) is 0 Å². The maximum atomic E-state index is 12.2. The molecule has 0 radical (unpaired) electrons. The van der Waals surface area contributed by atoms with Gasteiger partial charge < -0.3 is 11.1 Å². The van der Waals surface area contributed by atoms with E-state index in [0.29, 0.717) is 12.0 Å². The lowest BCUT2D eigenvalue weighted by atomic mass is 9.85. The van der Waals surface area contributed by atoms with Crippen molar-refractivity contribution in [2.24, 2.45) is 17.6 Å². The molecule has 0 aromatic heterocycles. The summed E-state index contributed by atoms with van der Waals surface area (Å²) >= 11 is 0. The van der Waals surface area contributed by atoms with Crippen molar-refractivity contribution in [1.82, 2.24) is 5.32 Å². The molecule has 3 rings (SSSR count). The van der Waals surface area contributed by atoms with E-state index in [1.165, 1.54) is 32.1 Å². The molecular weight excluding hydrogens is 284 g/mol. The fourth-order valence-electron chi connectivity index (χ4n) is 3.55. The number of nitrogens with one attached hydrogen (secondary N) is 1. The van der Waals surface area contributed by atoms with E-state index in [1.807, 2.05) is 30.3 Å². The highest BCUT2D eigenvalue weighted by molar-refractivity contribution is 5.85. The van der Waals surface area contributed by atoms with Crippen LogP contribution in [-0.4, -0.2) is 11.9 Å². The van der Waals surface area contributed by atoms with Crippen molar-refractivity contribution >= 4 is 18.3 Å². The molecule has 1 aromatic carbocycles.